The highest BCUT2D eigenvalue weighted by Crippen LogP contribution is 2.26. The maximum atomic E-state index is 12.3. The number of aromatic nitrogens is 3. The zero-order valence-electron chi connectivity index (χ0n) is 12.1. The van der Waals surface area contributed by atoms with Gasteiger partial charge in [-0.2, -0.15) is 18.2 Å². The molecule has 1 aromatic heterocycles. The van der Waals surface area contributed by atoms with E-state index in [1.165, 1.54) is 18.2 Å². The van der Waals surface area contributed by atoms with Crippen molar-refractivity contribution in [2.24, 2.45) is 0 Å². The molecule has 0 radical (unpaired) electrons. The number of halogens is 3. The molecule has 0 aliphatic rings. The Hall–Kier alpha value is -3.51. The highest BCUT2D eigenvalue weighted by atomic mass is 19.4. The zero-order chi connectivity index (χ0) is 18.6. The van der Waals surface area contributed by atoms with Crippen LogP contribution in [0.25, 0.3) is 0 Å². The summed E-state index contributed by atoms with van der Waals surface area (Å²) in [5, 5.41) is 19.5. The summed E-state index contributed by atoms with van der Waals surface area (Å²) in [5.41, 5.74) is -0.364. The van der Waals surface area contributed by atoms with Crippen LogP contribution in [-0.4, -0.2) is 38.5 Å². The molecule has 3 N–H and O–H groups in total. The van der Waals surface area contributed by atoms with Crippen LogP contribution in [0.2, 0.25) is 0 Å². The number of carbonyl (C=O) groups excluding carboxylic acids is 2. The zero-order valence-corrected chi connectivity index (χ0v) is 12.1. The lowest BCUT2D eigenvalue weighted by molar-refractivity contribution is -0.384. The van der Waals surface area contributed by atoms with Gasteiger partial charge in [-0.25, -0.2) is 0 Å². The molecule has 0 unspecified atom stereocenters. The van der Waals surface area contributed by atoms with E-state index in [1.54, 1.807) is 5.10 Å². The molecule has 0 fully saturated rings. The average molecular weight is 358 g/mol. The number of carbonyl (C=O) groups is 2. The standard InChI is InChI=1S/C12H9F3N6O4/c13-12(14,15)10-18-11(20-19-10)17-8(22)5-16-9(23)6-2-1-3-7(4-6)21(24)25/h1-4H,5H2,(H,16,23)(H2,17,18,19,20,22). The molecule has 13 heteroatoms. The number of benzene rings is 1. The van der Waals surface area contributed by atoms with Crippen LogP contribution in [0.3, 0.4) is 0 Å². The molecule has 132 valence electrons. The van der Waals surface area contributed by atoms with E-state index < -0.39 is 41.2 Å². The molecule has 0 saturated heterocycles. The van der Waals surface area contributed by atoms with Gasteiger partial charge in [0.25, 0.3) is 11.6 Å². The fourth-order valence-corrected chi connectivity index (χ4v) is 1.64. The first-order valence-corrected chi connectivity index (χ1v) is 6.49. The van der Waals surface area contributed by atoms with E-state index in [9.17, 15) is 32.9 Å². The van der Waals surface area contributed by atoms with Gasteiger partial charge >= 0.3 is 6.18 Å². The molecular weight excluding hydrogens is 349 g/mol. The fourth-order valence-electron chi connectivity index (χ4n) is 1.64. The van der Waals surface area contributed by atoms with Crippen LogP contribution in [0.4, 0.5) is 24.8 Å². The SMILES string of the molecule is O=C(CNC(=O)c1cccc([N+](=O)[O-])c1)Nc1n[nH]c(C(F)(F)F)n1. The van der Waals surface area contributed by atoms with Gasteiger partial charge in [-0.15, -0.1) is 5.10 Å². The van der Waals surface area contributed by atoms with Crippen molar-refractivity contribution in [2.45, 2.75) is 6.18 Å². The van der Waals surface area contributed by atoms with Crippen molar-refractivity contribution in [3.8, 4) is 0 Å². The van der Waals surface area contributed by atoms with Crippen LogP contribution >= 0.6 is 0 Å². The number of rotatable bonds is 5. The van der Waals surface area contributed by atoms with Crippen molar-refractivity contribution < 1.29 is 27.7 Å². The lowest BCUT2D eigenvalue weighted by atomic mass is 10.2. The Morgan fingerprint density at radius 1 is 1.32 bits per heavy atom. The lowest BCUT2D eigenvalue weighted by Gasteiger charge is -2.04. The quantitative estimate of drug-likeness (QED) is 0.539. The molecule has 10 nitrogen and oxygen atoms in total. The summed E-state index contributed by atoms with van der Waals surface area (Å²) in [6.07, 6.45) is -4.74. The third kappa shape index (κ3) is 4.73. The summed E-state index contributed by atoms with van der Waals surface area (Å²) < 4.78 is 37.0. The highest BCUT2D eigenvalue weighted by Gasteiger charge is 2.35. The van der Waals surface area contributed by atoms with E-state index in [4.69, 9.17) is 0 Å². The molecule has 0 aliphatic carbocycles. The first-order chi connectivity index (χ1) is 11.7. The largest absolute Gasteiger partial charge is 0.451 e. The second-order valence-corrected chi connectivity index (χ2v) is 4.54. The Labute approximate surface area is 136 Å². The van der Waals surface area contributed by atoms with Crippen molar-refractivity contribution in [1.82, 2.24) is 20.5 Å². The van der Waals surface area contributed by atoms with Crippen molar-refractivity contribution in [2.75, 3.05) is 11.9 Å². The topological polar surface area (TPSA) is 143 Å². The van der Waals surface area contributed by atoms with Crippen molar-refractivity contribution in [3.63, 3.8) is 0 Å². The van der Waals surface area contributed by atoms with Crippen LogP contribution < -0.4 is 10.6 Å². The molecule has 0 aliphatic heterocycles. The van der Waals surface area contributed by atoms with E-state index >= 15 is 0 Å². The molecule has 1 heterocycles. The number of aromatic amines is 1. The third-order valence-electron chi connectivity index (χ3n) is 2.73. The van der Waals surface area contributed by atoms with Crippen molar-refractivity contribution >= 4 is 23.5 Å². The van der Waals surface area contributed by atoms with Crippen LogP contribution in [0.1, 0.15) is 16.2 Å². The number of nitrogens with zero attached hydrogens (tertiary/aromatic N) is 3. The van der Waals surface area contributed by atoms with Crippen LogP contribution in [0.15, 0.2) is 24.3 Å². The first kappa shape index (κ1) is 17.8. The number of alkyl halides is 3. The number of amides is 2. The number of H-pyrrole nitrogens is 1. The monoisotopic (exact) mass is 358 g/mol. The third-order valence-corrected chi connectivity index (χ3v) is 2.73. The Morgan fingerprint density at radius 2 is 2.04 bits per heavy atom. The summed E-state index contributed by atoms with van der Waals surface area (Å²) >= 11 is 0. The van der Waals surface area contributed by atoms with Gasteiger partial charge in [-0.1, -0.05) is 6.07 Å². The van der Waals surface area contributed by atoms with Crippen molar-refractivity contribution in [1.29, 1.82) is 0 Å². The average Bonchev–Trinajstić information content (AvgIpc) is 3.01. The van der Waals surface area contributed by atoms with E-state index in [1.807, 2.05) is 5.32 Å². The van der Waals surface area contributed by atoms with Gasteiger partial charge in [-0.3, -0.25) is 30.1 Å². The van der Waals surface area contributed by atoms with Crippen LogP contribution in [0.5, 0.6) is 0 Å². The summed E-state index contributed by atoms with van der Waals surface area (Å²) in [6.45, 7) is -0.600. The number of non-ortho nitro benzene ring substituents is 1. The van der Waals surface area contributed by atoms with Gasteiger partial charge in [0.1, 0.15) is 0 Å². The second-order valence-electron chi connectivity index (χ2n) is 4.54. The second kappa shape index (κ2) is 6.94. The molecule has 0 spiro atoms. The van der Waals surface area contributed by atoms with E-state index in [0.717, 1.165) is 6.07 Å². The maximum Gasteiger partial charge on any atom is 0.451 e. The van der Waals surface area contributed by atoms with Crippen molar-refractivity contribution in [3.05, 3.63) is 45.8 Å². The lowest BCUT2D eigenvalue weighted by Crippen LogP contribution is -2.33. The summed E-state index contributed by atoms with van der Waals surface area (Å²) in [5.74, 6) is -3.65. The maximum absolute atomic E-state index is 12.3. The summed E-state index contributed by atoms with van der Waals surface area (Å²) in [4.78, 5) is 36.4. The van der Waals surface area contributed by atoms with Gasteiger partial charge in [0.2, 0.25) is 17.7 Å². The Balaban J connectivity index is 1.91. The number of nitrogens with one attached hydrogen (secondary N) is 3. The van der Waals surface area contributed by atoms with Crippen LogP contribution in [0, 0.1) is 10.1 Å². The molecule has 1 aromatic carbocycles. The summed E-state index contributed by atoms with van der Waals surface area (Å²) in [6, 6.07) is 4.79. The molecular formula is C12H9F3N6O4. The van der Waals surface area contributed by atoms with E-state index in [0.29, 0.717) is 0 Å². The van der Waals surface area contributed by atoms with E-state index in [-0.39, 0.29) is 11.3 Å². The molecule has 25 heavy (non-hydrogen) atoms. The number of nitro benzene ring substituents is 1. The highest BCUT2D eigenvalue weighted by molar-refractivity contribution is 5.99. The minimum atomic E-state index is -4.74. The normalized spacial score (nSPS) is 11.0. The first-order valence-electron chi connectivity index (χ1n) is 6.49. The van der Waals surface area contributed by atoms with Gasteiger partial charge in [0, 0.05) is 17.7 Å². The Morgan fingerprint density at radius 3 is 2.64 bits per heavy atom. The molecule has 0 atom stereocenters. The smallest absolute Gasteiger partial charge is 0.343 e. The molecule has 2 amide bonds. The van der Waals surface area contributed by atoms with Gasteiger partial charge in [-0.05, 0) is 6.07 Å². The number of anilines is 1. The van der Waals surface area contributed by atoms with E-state index in [2.05, 4.69) is 15.4 Å². The number of hydrogen-bond acceptors (Lipinski definition) is 6. The molecule has 2 aromatic rings. The molecule has 2 rings (SSSR count). The predicted molar refractivity (Wildman–Crippen MR) is 75.4 cm³/mol. The molecule has 0 bridgehead atoms. The fraction of sp³-hybridized carbons (Fsp3) is 0.167. The minimum absolute atomic E-state index is 0.0562. The number of nitro groups is 1. The van der Waals surface area contributed by atoms with Gasteiger partial charge < -0.3 is 5.32 Å². The Bertz CT molecular complexity index is 819. The predicted octanol–water partition coefficient (Wildman–Crippen LogP) is 1.10. The van der Waals surface area contributed by atoms with Gasteiger partial charge in [0.15, 0.2) is 0 Å². The van der Waals surface area contributed by atoms with Gasteiger partial charge in [0.05, 0.1) is 11.5 Å². The van der Waals surface area contributed by atoms with Crippen LogP contribution in [-0.2, 0) is 11.0 Å². The Kier molecular flexibility index (Phi) is 4.95. The summed E-state index contributed by atoms with van der Waals surface area (Å²) in [7, 11) is 0. The number of hydrogen-bond donors (Lipinski definition) is 3. The molecule has 0 saturated carbocycles. The minimum Gasteiger partial charge on any atom is -0.343 e.